The fraction of sp³-hybridized carbons (Fsp3) is 0.500. The second kappa shape index (κ2) is 7.07. The van der Waals surface area contributed by atoms with Crippen LogP contribution in [0.3, 0.4) is 0 Å². The summed E-state index contributed by atoms with van der Waals surface area (Å²) in [6, 6.07) is 8.85. The third-order valence-corrected chi connectivity index (χ3v) is 6.48. The van der Waals surface area contributed by atoms with Crippen LogP contribution in [0, 0.1) is 0 Å². The van der Waals surface area contributed by atoms with Gasteiger partial charge in [-0.15, -0.1) is 0 Å². The number of aromatic nitrogens is 1. The van der Waals surface area contributed by atoms with Crippen LogP contribution < -0.4 is 0 Å². The molecular formula is C18H24N2O3S. The maximum Gasteiger partial charge on any atom is 0.243 e. The lowest BCUT2D eigenvalue weighted by Crippen LogP contribution is -2.30. The van der Waals surface area contributed by atoms with Crippen molar-refractivity contribution in [2.75, 3.05) is 6.54 Å². The molecule has 0 bridgehead atoms. The molecule has 6 heteroatoms. The van der Waals surface area contributed by atoms with Crippen molar-refractivity contribution < 1.29 is 12.9 Å². The lowest BCUT2D eigenvalue weighted by atomic mass is 10.1. The minimum atomic E-state index is -3.51. The van der Waals surface area contributed by atoms with Crippen LogP contribution in [-0.2, 0) is 22.9 Å². The molecule has 0 N–H and O–H groups in total. The third kappa shape index (κ3) is 3.26. The van der Waals surface area contributed by atoms with Crippen molar-refractivity contribution in [2.24, 2.45) is 0 Å². The number of hydrogen-bond donors (Lipinski definition) is 0. The van der Waals surface area contributed by atoms with Crippen molar-refractivity contribution in [3.63, 3.8) is 0 Å². The maximum atomic E-state index is 13.0. The summed E-state index contributed by atoms with van der Waals surface area (Å²) in [5.74, 6) is 0.823. The molecule has 0 amide bonds. The molecule has 2 heterocycles. The van der Waals surface area contributed by atoms with E-state index in [-0.39, 0.29) is 6.04 Å². The summed E-state index contributed by atoms with van der Waals surface area (Å²) in [7, 11) is -3.51. The Labute approximate surface area is 143 Å². The zero-order valence-corrected chi connectivity index (χ0v) is 15.1. The van der Waals surface area contributed by atoms with E-state index >= 15 is 0 Å². The Bertz CT molecular complexity index is 781. The van der Waals surface area contributed by atoms with Gasteiger partial charge < -0.3 is 4.52 Å². The van der Waals surface area contributed by atoms with Gasteiger partial charge in [-0.05, 0) is 43.4 Å². The van der Waals surface area contributed by atoms with E-state index in [4.69, 9.17) is 4.52 Å². The molecule has 130 valence electrons. The van der Waals surface area contributed by atoms with Gasteiger partial charge in [-0.2, -0.15) is 4.31 Å². The first-order chi connectivity index (χ1) is 11.6. The number of nitrogens with zero attached hydrogens (tertiary/aromatic N) is 2. The highest BCUT2D eigenvalue weighted by Crippen LogP contribution is 2.36. The molecular weight excluding hydrogens is 324 g/mol. The minimum absolute atomic E-state index is 0.227. The monoisotopic (exact) mass is 348 g/mol. The summed E-state index contributed by atoms with van der Waals surface area (Å²) in [6.07, 6.45) is 4.32. The molecule has 0 saturated carbocycles. The van der Waals surface area contributed by atoms with E-state index in [2.05, 4.69) is 19.0 Å². The van der Waals surface area contributed by atoms with Crippen LogP contribution in [0.4, 0.5) is 0 Å². The molecule has 2 aromatic rings. The Morgan fingerprint density at radius 2 is 2.00 bits per heavy atom. The van der Waals surface area contributed by atoms with Crippen molar-refractivity contribution >= 4 is 10.0 Å². The van der Waals surface area contributed by atoms with Gasteiger partial charge in [0.25, 0.3) is 0 Å². The third-order valence-electron chi connectivity index (χ3n) is 4.56. The first kappa shape index (κ1) is 17.2. The van der Waals surface area contributed by atoms with E-state index in [0.717, 1.165) is 49.1 Å². The Morgan fingerprint density at radius 1 is 1.25 bits per heavy atom. The molecule has 1 aliphatic rings. The molecule has 0 radical (unpaired) electrons. The Kier molecular flexibility index (Phi) is 5.06. The zero-order chi connectivity index (χ0) is 17.2. The van der Waals surface area contributed by atoms with Gasteiger partial charge in [0.1, 0.15) is 11.5 Å². The molecule has 1 fully saturated rings. The molecule has 1 aliphatic heterocycles. The molecule has 1 aromatic carbocycles. The Hall–Kier alpha value is -1.66. The molecule has 3 rings (SSSR count). The molecule has 0 aliphatic carbocycles. The van der Waals surface area contributed by atoms with Crippen molar-refractivity contribution in [1.82, 2.24) is 9.46 Å². The van der Waals surface area contributed by atoms with Gasteiger partial charge in [-0.1, -0.05) is 31.1 Å². The molecule has 0 unspecified atom stereocenters. The largest absolute Gasteiger partial charge is 0.361 e. The molecule has 1 saturated heterocycles. The molecule has 0 spiro atoms. The molecule has 5 nitrogen and oxygen atoms in total. The van der Waals surface area contributed by atoms with Crippen molar-refractivity contribution in [2.45, 2.75) is 56.9 Å². The van der Waals surface area contributed by atoms with E-state index in [1.165, 1.54) is 0 Å². The van der Waals surface area contributed by atoms with Crippen molar-refractivity contribution in [1.29, 1.82) is 0 Å². The van der Waals surface area contributed by atoms with E-state index in [1.807, 2.05) is 18.2 Å². The number of aryl methyl sites for hydroxylation is 2. The van der Waals surface area contributed by atoms with Crippen molar-refractivity contribution in [3.05, 3.63) is 47.3 Å². The Morgan fingerprint density at radius 3 is 2.67 bits per heavy atom. The van der Waals surface area contributed by atoms with E-state index in [0.29, 0.717) is 11.4 Å². The van der Waals surface area contributed by atoms with Crippen LogP contribution >= 0.6 is 0 Å². The Balaban J connectivity index is 1.87. The van der Waals surface area contributed by atoms with Crippen LogP contribution in [0.1, 0.15) is 56.2 Å². The van der Waals surface area contributed by atoms with Gasteiger partial charge in [0.2, 0.25) is 10.0 Å². The van der Waals surface area contributed by atoms with Crippen LogP contribution in [0.15, 0.2) is 39.8 Å². The van der Waals surface area contributed by atoms with Gasteiger partial charge in [0, 0.05) is 19.0 Å². The summed E-state index contributed by atoms with van der Waals surface area (Å²) in [5.41, 5.74) is 1.86. The highest BCUT2D eigenvalue weighted by Gasteiger charge is 2.37. The first-order valence-electron chi connectivity index (χ1n) is 8.62. The van der Waals surface area contributed by atoms with Crippen molar-refractivity contribution in [3.8, 4) is 0 Å². The number of benzene rings is 1. The molecule has 24 heavy (non-hydrogen) atoms. The van der Waals surface area contributed by atoms with Gasteiger partial charge in [0.15, 0.2) is 0 Å². The number of hydrogen-bond acceptors (Lipinski definition) is 4. The smallest absolute Gasteiger partial charge is 0.243 e. The van der Waals surface area contributed by atoms with E-state index < -0.39 is 10.0 Å². The first-order valence-corrected chi connectivity index (χ1v) is 10.1. The van der Waals surface area contributed by atoms with E-state index in [1.54, 1.807) is 16.4 Å². The molecule has 1 atom stereocenters. The summed E-state index contributed by atoms with van der Waals surface area (Å²) < 4.78 is 32.9. The summed E-state index contributed by atoms with van der Waals surface area (Å²) in [6.45, 7) is 4.66. The van der Waals surface area contributed by atoms with Crippen LogP contribution in [0.25, 0.3) is 0 Å². The van der Waals surface area contributed by atoms with Crippen LogP contribution in [-0.4, -0.2) is 24.4 Å². The average molecular weight is 348 g/mol. The van der Waals surface area contributed by atoms with Gasteiger partial charge >= 0.3 is 0 Å². The second-order valence-electron chi connectivity index (χ2n) is 6.24. The summed E-state index contributed by atoms with van der Waals surface area (Å²) >= 11 is 0. The topological polar surface area (TPSA) is 63.4 Å². The zero-order valence-electron chi connectivity index (χ0n) is 14.2. The number of sulfonamides is 1. The lowest BCUT2D eigenvalue weighted by Gasteiger charge is -2.22. The molecule has 1 aromatic heterocycles. The standard InChI is InChI=1S/C18H24N2O3S/c1-3-6-15-13-17(19-23-15)18-7-5-12-20(18)24(21,22)16-10-8-14(4-2)9-11-16/h8-11,13,18H,3-7,12H2,1-2H3/t18-/m1/s1. The number of rotatable bonds is 6. The maximum absolute atomic E-state index is 13.0. The van der Waals surface area contributed by atoms with Crippen LogP contribution in [0.2, 0.25) is 0 Å². The van der Waals surface area contributed by atoms with Gasteiger partial charge in [-0.25, -0.2) is 8.42 Å². The predicted octanol–water partition coefficient (Wildman–Crippen LogP) is 3.72. The minimum Gasteiger partial charge on any atom is -0.361 e. The van der Waals surface area contributed by atoms with E-state index in [9.17, 15) is 8.42 Å². The fourth-order valence-electron chi connectivity index (χ4n) is 3.21. The summed E-state index contributed by atoms with van der Waals surface area (Å²) in [4.78, 5) is 0.351. The lowest BCUT2D eigenvalue weighted by molar-refractivity contribution is 0.343. The van der Waals surface area contributed by atoms with Gasteiger partial charge in [0.05, 0.1) is 10.9 Å². The van der Waals surface area contributed by atoms with Gasteiger partial charge in [-0.3, -0.25) is 0 Å². The normalized spacial score (nSPS) is 19.0. The summed E-state index contributed by atoms with van der Waals surface area (Å²) in [5, 5.41) is 4.12. The predicted molar refractivity (Wildman–Crippen MR) is 92.2 cm³/mol. The average Bonchev–Trinajstić information content (AvgIpc) is 3.24. The van der Waals surface area contributed by atoms with Crippen LogP contribution in [0.5, 0.6) is 0 Å². The second-order valence-corrected chi connectivity index (χ2v) is 8.13. The highest BCUT2D eigenvalue weighted by atomic mass is 32.2. The quantitative estimate of drug-likeness (QED) is 0.798. The highest BCUT2D eigenvalue weighted by molar-refractivity contribution is 7.89. The fourth-order valence-corrected chi connectivity index (χ4v) is 4.87. The SMILES string of the molecule is CCCc1cc([C@H]2CCCN2S(=O)(=O)c2ccc(CC)cc2)no1.